The maximum absolute atomic E-state index is 11.3. The Hall–Kier alpha value is -2.89. The Labute approximate surface area is 196 Å². The van der Waals surface area contributed by atoms with E-state index in [0.717, 1.165) is 24.1 Å². The number of hydrogen-bond acceptors (Lipinski definition) is 4. The monoisotopic (exact) mass is 465 g/mol. The highest BCUT2D eigenvalue weighted by Crippen LogP contribution is 2.69. The molecule has 2 aromatic rings. The van der Waals surface area contributed by atoms with Crippen LogP contribution in [0.25, 0.3) is 0 Å². The second-order valence-corrected chi connectivity index (χ2v) is 11.8. The van der Waals surface area contributed by atoms with Crippen LogP contribution in [-0.4, -0.2) is 53.9 Å². The van der Waals surface area contributed by atoms with Gasteiger partial charge >= 0.3 is 5.97 Å². The Bertz CT molecular complexity index is 1200. The number of anilines is 1. The third kappa shape index (κ3) is 3.51. The fourth-order valence-electron chi connectivity index (χ4n) is 5.07. The van der Waals surface area contributed by atoms with Crippen LogP contribution in [0.4, 0.5) is 11.4 Å². The molecule has 0 fully saturated rings. The third-order valence-corrected chi connectivity index (χ3v) is 10.4. The highest BCUT2D eigenvalue weighted by Gasteiger charge is 2.47. The highest BCUT2D eigenvalue weighted by molar-refractivity contribution is 7.67. The molecule has 0 amide bonds. The van der Waals surface area contributed by atoms with Gasteiger partial charge in [-0.25, -0.2) is 19.0 Å². The summed E-state index contributed by atoms with van der Waals surface area (Å²) < 4.78 is 9.79. The first kappa shape index (κ1) is 23.3. The van der Waals surface area contributed by atoms with Crippen molar-refractivity contribution in [2.24, 2.45) is 9.85 Å². The van der Waals surface area contributed by atoms with Gasteiger partial charge in [0.15, 0.2) is 7.36 Å². The quantitative estimate of drug-likeness (QED) is 0.552. The smallest absolute Gasteiger partial charge is 0.335 e. The second-order valence-electron chi connectivity index (χ2n) is 8.83. The minimum atomic E-state index is -2.45. The van der Waals surface area contributed by atoms with E-state index in [2.05, 4.69) is 68.6 Å². The molecule has 33 heavy (non-hydrogen) atoms. The Balaban J connectivity index is 2.02. The van der Waals surface area contributed by atoms with Gasteiger partial charge in [0.25, 0.3) is 0 Å². The number of carbonyl (C=O) groups is 1. The van der Waals surface area contributed by atoms with Crippen LogP contribution < -0.4 is 4.90 Å². The van der Waals surface area contributed by atoms with E-state index in [1.807, 2.05) is 18.0 Å². The molecular weight excluding hydrogens is 433 g/mol. The number of allylic oxidation sites excluding steroid dienone is 2. The zero-order chi connectivity index (χ0) is 24.0. The molecule has 0 bridgehead atoms. The number of hydrogen-bond donors (Lipinski definition) is 1. The Morgan fingerprint density at radius 2 is 1.73 bits per heavy atom. The van der Waals surface area contributed by atoms with Gasteiger partial charge in [0.1, 0.15) is 0 Å². The van der Waals surface area contributed by atoms with Gasteiger partial charge in [0, 0.05) is 44.0 Å². The van der Waals surface area contributed by atoms with Crippen LogP contribution >= 0.6 is 7.36 Å². The van der Waals surface area contributed by atoms with Gasteiger partial charge in [-0.15, -0.1) is 0 Å². The normalized spacial score (nSPS) is 23.4. The molecule has 174 valence electrons. The standard InChI is InChI=1S/C25H32N5O2P/c1-7-30(8-2)33(27-19-15-13-18(14-16-19)24(31)32)22(17-26-29(33)6)23-25(3,4)20-11-9-10-12-21(20)28(23)5/h9-17H,7-8H2,1-6H3,(H,31,32). The molecule has 2 aliphatic rings. The summed E-state index contributed by atoms with van der Waals surface area (Å²) in [5, 5.41) is 15.2. The van der Waals surface area contributed by atoms with Crippen LogP contribution in [0.3, 0.4) is 0 Å². The largest absolute Gasteiger partial charge is 0.478 e. The van der Waals surface area contributed by atoms with E-state index in [1.165, 1.54) is 16.9 Å². The van der Waals surface area contributed by atoms with Gasteiger partial charge in [-0.05, 0) is 35.9 Å². The SMILES string of the molecule is CCN(CC)P1(=Nc2ccc(C(=O)O)cc2)C(=C2N(C)c3ccccc3C2(C)C)C=NN1C. The number of benzene rings is 2. The Kier molecular flexibility index (Phi) is 5.97. The number of para-hydroxylation sites is 1. The predicted molar refractivity (Wildman–Crippen MR) is 136 cm³/mol. The van der Waals surface area contributed by atoms with Crippen molar-refractivity contribution in [2.75, 3.05) is 32.1 Å². The zero-order valence-electron chi connectivity index (χ0n) is 20.1. The van der Waals surface area contributed by atoms with Gasteiger partial charge < -0.3 is 10.0 Å². The van der Waals surface area contributed by atoms with Crippen molar-refractivity contribution in [2.45, 2.75) is 33.1 Å². The van der Waals surface area contributed by atoms with Crippen LogP contribution in [0.2, 0.25) is 0 Å². The maximum Gasteiger partial charge on any atom is 0.335 e. The van der Waals surface area contributed by atoms with Crippen LogP contribution in [0, 0.1) is 0 Å². The van der Waals surface area contributed by atoms with Crippen LogP contribution in [0.5, 0.6) is 0 Å². The molecule has 0 saturated carbocycles. The fourth-order valence-corrected chi connectivity index (χ4v) is 8.77. The number of nitrogens with zero attached hydrogens (tertiary/aromatic N) is 5. The van der Waals surface area contributed by atoms with Crippen molar-refractivity contribution >= 4 is 30.9 Å². The number of carboxylic acids is 1. The van der Waals surface area contributed by atoms with E-state index < -0.39 is 13.3 Å². The van der Waals surface area contributed by atoms with E-state index in [0.29, 0.717) is 0 Å². The van der Waals surface area contributed by atoms with Gasteiger partial charge in [-0.1, -0.05) is 45.9 Å². The van der Waals surface area contributed by atoms with Gasteiger partial charge in [-0.2, -0.15) is 5.10 Å². The highest BCUT2D eigenvalue weighted by atomic mass is 31.2. The van der Waals surface area contributed by atoms with Crippen molar-refractivity contribution < 1.29 is 9.90 Å². The molecule has 2 heterocycles. The second kappa shape index (κ2) is 8.47. The average molecular weight is 466 g/mol. The molecule has 2 aromatic carbocycles. The lowest BCUT2D eigenvalue weighted by molar-refractivity contribution is 0.0697. The van der Waals surface area contributed by atoms with Crippen LogP contribution in [0.1, 0.15) is 43.6 Å². The summed E-state index contributed by atoms with van der Waals surface area (Å²) in [6.07, 6.45) is 1.99. The lowest BCUT2D eigenvalue weighted by atomic mass is 9.84. The van der Waals surface area contributed by atoms with Crippen LogP contribution in [0.15, 0.2) is 69.4 Å². The number of fused-ring (bicyclic) bond motifs is 1. The summed E-state index contributed by atoms with van der Waals surface area (Å²) in [4.78, 5) is 13.6. The molecule has 0 radical (unpaired) electrons. The molecule has 8 heteroatoms. The summed E-state index contributed by atoms with van der Waals surface area (Å²) in [6.45, 7) is 10.5. The summed E-state index contributed by atoms with van der Waals surface area (Å²) in [7, 11) is 1.67. The summed E-state index contributed by atoms with van der Waals surface area (Å²) in [5.74, 6) is -0.939. The molecule has 1 atom stereocenters. The van der Waals surface area contributed by atoms with Crippen molar-refractivity contribution in [3.8, 4) is 0 Å². The molecule has 0 aliphatic carbocycles. The average Bonchev–Trinajstić information content (AvgIpc) is 3.20. The van der Waals surface area contributed by atoms with E-state index in [9.17, 15) is 9.90 Å². The number of hydrazone groups is 1. The first-order chi connectivity index (χ1) is 15.7. The minimum Gasteiger partial charge on any atom is -0.478 e. The van der Waals surface area contributed by atoms with E-state index in [-0.39, 0.29) is 11.0 Å². The molecule has 0 saturated heterocycles. The van der Waals surface area contributed by atoms with Crippen molar-refractivity contribution in [1.82, 2.24) is 9.45 Å². The summed E-state index contributed by atoms with van der Waals surface area (Å²) >= 11 is 0. The van der Waals surface area contributed by atoms with E-state index >= 15 is 0 Å². The maximum atomic E-state index is 11.3. The number of rotatable bonds is 5. The van der Waals surface area contributed by atoms with E-state index in [1.54, 1.807) is 24.3 Å². The van der Waals surface area contributed by atoms with Crippen molar-refractivity contribution in [1.29, 1.82) is 0 Å². The molecule has 0 spiro atoms. The number of carboxylic acid groups (broad SMARTS) is 1. The molecular formula is C25H32N5O2P. The minimum absolute atomic E-state index is 0.209. The van der Waals surface area contributed by atoms with Gasteiger partial charge in [0.05, 0.1) is 22.8 Å². The van der Waals surface area contributed by atoms with Crippen LogP contribution in [-0.2, 0) is 5.41 Å². The zero-order valence-corrected chi connectivity index (χ0v) is 21.0. The van der Waals surface area contributed by atoms with Crippen molar-refractivity contribution in [3.63, 3.8) is 0 Å². The molecule has 4 rings (SSSR count). The van der Waals surface area contributed by atoms with Gasteiger partial charge in [-0.3, -0.25) is 0 Å². The first-order valence-electron chi connectivity index (χ1n) is 11.3. The van der Waals surface area contributed by atoms with Gasteiger partial charge in [0.2, 0.25) is 0 Å². The topological polar surface area (TPSA) is 71.7 Å². The lowest BCUT2D eigenvalue weighted by Crippen LogP contribution is -2.30. The molecule has 1 N–H and O–H groups in total. The first-order valence-corrected chi connectivity index (χ1v) is 12.9. The number of likely N-dealkylation sites (N-methyl/N-ethyl adjacent to an activating group) is 1. The molecule has 1 unspecified atom stereocenters. The molecule has 0 aromatic heterocycles. The number of aromatic carboxylic acids is 1. The van der Waals surface area contributed by atoms with E-state index in [4.69, 9.17) is 9.85 Å². The Morgan fingerprint density at radius 1 is 1.09 bits per heavy atom. The fraction of sp³-hybridized carbons (Fsp3) is 0.360. The summed E-state index contributed by atoms with van der Waals surface area (Å²) in [5.41, 5.74) is 4.51. The third-order valence-electron chi connectivity index (χ3n) is 6.68. The molecule has 2 aliphatic heterocycles. The molecule has 7 nitrogen and oxygen atoms in total. The lowest BCUT2D eigenvalue weighted by Gasteiger charge is -2.39. The predicted octanol–water partition coefficient (Wildman–Crippen LogP) is 5.96. The Morgan fingerprint density at radius 3 is 2.30 bits per heavy atom. The summed E-state index contributed by atoms with van der Waals surface area (Å²) in [6, 6.07) is 15.4. The van der Waals surface area contributed by atoms with Crippen molar-refractivity contribution in [3.05, 3.63) is 70.7 Å².